The summed E-state index contributed by atoms with van der Waals surface area (Å²) in [4.78, 5) is 10.5. The van der Waals surface area contributed by atoms with E-state index in [1.165, 1.54) is 11.1 Å². The lowest BCUT2D eigenvalue weighted by atomic mass is 9.68. The number of benzene rings is 7. The number of aryl methyl sites for hydroxylation is 1. The van der Waals surface area contributed by atoms with Crippen molar-refractivity contribution in [2.75, 3.05) is 0 Å². The molecule has 0 bridgehead atoms. The minimum atomic E-state index is -2.62. The van der Waals surface area contributed by atoms with Crippen molar-refractivity contribution < 1.29 is 13.3 Å². The minimum Gasteiger partial charge on any atom is -0.507 e. The van der Waals surface area contributed by atoms with Crippen molar-refractivity contribution in [3.8, 4) is 78.6 Å². The Morgan fingerprint density at radius 2 is 1.15 bits per heavy atom. The summed E-state index contributed by atoms with van der Waals surface area (Å²) in [6, 6.07) is 50.8. The predicted molar refractivity (Wildman–Crippen MR) is 316 cm³/mol. The highest BCUT2D eigenvalue weighted by atomic mass is 16.3. The maximum atomic E-state index is 12.6. The molecular weight excluding hydrogens is 899 g/mol. The number of phenols is 1. The van der Waals surface area contributed by atoms with Crippen LogP contribution in [0.4, 0.5) is 0 Å². The van der Waals surface area contributed by atoms with Crippen molar-refractivity contribution in [1.82, 2.24) is 14.5 Å². The van der Waals surface area contributed by atoms with E-state index in [2.05, 4.69) is 114 Å². The first-order chi connectivity index (χ1) is 37.6. The number of hydrogen-bond donors (Lipinski definition) is 1. The fraction of sp³-hybridized carbons (Fsp3) is 0.314. The van der Waals surface area contributed by atoms with Gasteiger partial charge in [0.2, 0.25) is 0 Å². The van der Waals surface area contributed by atoms with E-state index in [0.29, 0.717) is 27.8 Å². The van der Waals surface area contributed by atoms with Gasteiger partial charge in [-0.05, 0) is 188 Å². The van der Waals surface area contributed by atoms with E-state index in [-0.39, 0.29) is 33.5 Å². The number of rotatable bonds is 16. The summed E-state index contributed by atoms with van der Waals surface area (Å²) in [6.45, 7) is 21.7. The van der Waals surface area contributed by atoms with Gasteiger partial charge in [-0.2, -0.15) is 0 Å². The molecule has 4 nitrogen and oxygen atoms in total. The Morgan fingerprint density at radius 3 is 1.77 bits per heavy atom. The number of aromatic hydroxyl groups is 1. The Balaban J connectivity index is 1.36. The molecule has 378 valence electrons. The second-order valence-corrected chi connectivity index (χ2v) is 21.5. The molecule has 0 amide bonds. The van der Waals surface area contributed by atoms with E-state index in [4.69, 9.17) is 11.3 Å². The van der Waals surface area contributed by atoms with Crippen molar-refractivity contribution in [3.05, 3.63) is 191 Å². The van der Waals surface area contributed by atoms with Gasteiger partial charge in [0.1, 0.15) is 11.6 Å². The Kier molecular flexibility index (Phi) is 12.6. The van der Waals surface area contributed by atoms with Gasteiger partial charge < -0.3 is 5.11 Å². The molecule has 0 unspecified atom stereocenters. The topological polar surface area (TPSA) is 50.9 Å². The summed E-state index contributed by atoms with van der Waals surface area (Å²) in [5.41, 5.74) is 14.9. The van der Waals surface area contributed by atoms with Gasteiger partial charge in [0.05, 0.1) is 28.0 Å². The van der Waals surface area contributed by atoms with Gasteiger partial charge in [-0.3, -0.25) is 9.55 Å². The molecule has 74 heavy (non-hydrogen) atoms. The molecule has 0 atom stereocenters. The number of aromatic nitrogens is 3. The molecule has 0 fully saturated rings. The number of hydrogen-bond acceptors (Lipinski definition) is 3. The van der Waals surface area contributed by atoms with Gasteiger partial charge in [-0.1, -0.05) is 180 Å². The number of nitrogens with zero attached hydrogens (tertiary/aromatic N) is 3. The van der Waals surface area contributed by atoms with Gasteiger partial charge >= 0.3 is 0 Å². The van der Waals surface area contributed by atoms with E-state index in [1.807, 2.05) is 91.3 Å². The maximum absolute atomic E-state index is 12.6. The maximum Gasteiger partial charge on any atom is 0.149 e. The third-order valence-corrected chi connectivity index (χ3v) is 16.4. The Hall–Kier alpha value is -7.04. The van der Waals surface area contributed by atoms with Crippen LogP contribution in [0.5, 0.6) is 5.75 Å². The molecule has 0 aliphatic rings. The second kappa shape index (κ2) is 21.1. The molecule has 4 heteroatoms. The lowest BCUT2D eigenvalue weighted by molar-refractivity contribution is 0.426. The first kappa shape index (κ1) is 44.4. The zero-order chi connectivity index (χ0) is 57.9. The summed E-state index contributed by atoms with van der Waals surface area (Å²) in [7, 11) is 0. The van der Waals surface area contributed by atoms with E-state index in [9.17, 15) is 12.0 Å². The number of pyridine rings is 1. The Bertz CT molecular complexity index is 3700. The zero-order valence-electron chi connectivity index (χ0n) is 51.6. The van der Waals surface area contributed by atoms with Crippen LogP contribution in [0.2, 0.25) is 0 Å². The summed E-state index contributed by atoms with van der Waals surface area (Å²) >= 11 is 0. The van der Waals surface area contributed by atoms with Crippen LogP contribution in [0.25, 0.3) is 83.9 Å². The van der Waals surface area contributed by atoms with Crippen LogP contribution in [0, 0.1) is 6.85 Å². The van der Waals surface area contributed by atoms with Gasteiger partial charge in [0.15, 0.2) is 0 Å². The molecule has 1 N–H and O–H groups in total. The van der Waals surface area contributed by atoms with E-state index >= 15 is 0 Å². The number of para-hydroxylation sites is 1. The summed E-state index contributed by atoms with van der Waals surface area (Å²) in [6.07, 6.45) is 5.44. The highest BCUT2D eigenvalue weighted by molar-refractivity contribution is 5.98. The second-order valence-electron chi connectivity index (χ2n) is 21.5. The Morgan fingerprint density at radius 1 is 0.541 bits per heavy atom. The first-order valence-corrected chi connectivity index (χ1v) is 26.6. The molecule has 9 aromatic rings. The molecule has 0 saturated heterocycles. The van der Waals surface area contributed by atoms with Crippen LogP contribution < -0.4 is 0 Å². The van der Waals surface area contributed by atoms with Crippen molar-refractivity contribution in [1.29, 1.82) is 0 Å². The molecule has 0 aliphatic carbocycles. The SMILES string of the molecule is [2H]C([2H])([2H])c1cc(-c2c(C(C)(CC)CC)cccc2C(C)(CC)CC)ccc1-n1c(-c2cc(C([2H])(C)C)cc(C([2H])(C)C)c2O)nc2c(-c3cc(-c4ccccc4)cc(-c4cc(-c5ccc(C([2H])(C)C)cc5)ccn4)c3)cccc21. The fourth-order valence-corrected chi connectivity index (χ4v) is 10.7. The summed E-state index contributed by atoms with van der Waals surface area (Å²) in [5.74, 6) is -3.02. The molecule has 0 radical (unpaired) electrons. The van der Waals surface area contributed by atoms with Crippen LogP contribution in [0.1, 0.15) is 168 Å². The lowest BCUT2D eigenvalue weighted by Gasteiger charge is -2.36. The monoisotopic (exact) mass is 982 g/mol. The van der Waals surface area contributed by atoms with Gasteiger partial charge in [0, 0.05) is 25.5 Å². The van der Waals surface area contributed by atoms with Gasteiger partial charge in [-0.15, -0.1) is 0 Å². The average molecular weight is 982 g/mol. The van der Waals surface area contributed by atoms with Crippen LogP contribution in [-0.4, -0.2) is 19.6 Å². The largest absolute Gasteiger partial charge is 0.507 e. The van der Waals surface area contributed by atoms with Gasteiger partial charge in [0.25, 0.3) is 0 Å². The Labute approximate surface area is 451 Å². The van der Waals surface area contributed by atoms with Crippen molar-refractivity contribution in [2.24, 2.45) is 0 Å². The normalized spacial score (nSPS) is 14.0. The highest BCUT2D eigenvalue weighted by Crippen LogP contribution is 2.48. The highest BCUT2D eigenvalue weighted by Gasteiger charge is 2.33. The van der Waals surface area contributed by atoms with E-state index in [1.54, 1.807) is 39.8 Å². The molecule has 0 saturated carbocycles. The molecule has 7 aromatic carbocycles. The van der Waals surface area contributed by atoms with Crippen molar-refractivity contribution >= 4 is 11.0 Å². The van der Waals surface area contributed by atoms with E-state index in [0.717, 1.165) is 87.0 Å². The zero-order valence-corrected chi connectivity index (χ0v) is 45.6. The van der Waals surface area contributed by atoms with Crippen LogP contribution in [-0.2, 0) is 10.8 Å². The van der Waals surface area contributed by atoms with Crippen LogP contribution in [0.15, 0.2) is 158 Å². The fourth-order valence-electron chi connectivity index (χ4n) is 10.7. The molecule has 9 rings (SSSR count). The third-order valence-electron chi connectivity index (χ3n) is 16.4. The number of imidazole rings is 1. The number of fused-ring (bicyclic) bond motifs is 1. The molecular formula is C70H77N3O. The molecule has 0 spiro atoms. The quantitative estimate of drug-likeness (QED) is 0.105. The standard InChI is InChI=1S/C70H77N3O/c1-14-69(12,15-2)60-26-22-27-61(70(13,16-3)17-4)65(60)52-33-34-63(47(11)37-52)73-64-28-21-25-57(66(64)72-68(73)59-42-53(45(7)8)41-58(46(9)10)67(59)74)55-38-54(49-23-19-18-20-24-49)39-56(40-55)62-43-51(35-36-71-62)50-31-29-48(30-32-50)44(5)6/h18-46,74H,14-17H2,1-13H3/i11D3,44D,45D,46D. The van der Waals surface area contributed by atoms with Crippen molar-refractivity contribution in [2.45, 2.75) is 144 Å². The molecule has 0 aliphatic heterocycles. The van der Waals surface area contributed by atoms with Crippen LogP contribution in [0.3, 0.4) is 0 Å². The summed E-state index contributed by atoms with van der Waals surface area (Å²) in [5, 5.41) is 12.6. The lowest BCUT2D eigenvalue weighted by Crippen LogP contribution is -2.25. The smallest absolute Gasteiger partial charge is 0.149 e. The van der Waals surface area contributed by atoms with Crippen LogP contribution >= 0.6 is 0 Å². The minimum absolute atomic E-state index is 0.126. The predicted octanol–water partition coefficient (Wildman–Crippen LogP) is 20.0. The van der Waals surface area contributed by atoms with Gasteiger partial charge in [-0.25, -0.2) is 4.98 Å². The molecule has 2 heterocycles. The average Bonchev–Trinajstić information content (AvgIpc) is 4.07. The van der Waals surface area contributed by atoms with E-state index < -0.39 is 24.5 Å². The third kappa shape index (κ3) is 9.65. The molecule has 2 aromatic heterocycles. The van der Waals surface area contributed by atoms with Crippen molar-refractivity contribution in [3.63, 3.8) is 0 Å². The first-order valence-electron chi connectivity index (χ1n) is 29.6. The summed E-state index contributed by atoms with van der Waals surface area (Å²) < 4.78 is 57.3. The number of phenolic OH excluding ortho intramolecular Hbond substituents is 1.